The SMILES string of the molecule is Cc1ccc(C2=NN(C(=O)CN3C(=O)NC4(CCOc5ccccc54)C3=O)C(c3ccco3)C2)cc1. The average Bonchev–Trinajstić information content (AvgIpc) is 3.61. The number of ether oxygens (including phenoxy) is 1. The fraction of sp³-hybridized carbons (Fsp3) is 0.259. The van der Waals surface area contributed by atoms with Crippen LogP contribution in [0.2, 0.25) is 0 Å². The highest BCUT2D eigenvalue weighted by atomic mass is 16.5. The van der Waals surface area contributed by atoms with E-state index >= 15 is 0 Å². The van der Waals surface area contributed by atoms with E-state index in [1.54, 1.807) is 36.6 Å². The Morgan fingerprint density at radius 3 is 2.69 bits per heavy atom. The number of aryl methyl sites for hydroxylation is 1. The zero-order chi connectivity index (χ0) is 24.9. The van der Waals surface area contributed by atoms with Gasteiger partial charge in [-0.1, -0.05) is 48.0 Å². The number of fused-ring (bicyclic) bond motifs is 2. The van der Waals surface area contributed by atoms with E-state index in [0.717, 1.165) is 21.7 Å². The first-order chi connectivity index (χ1) is 17.5. The van der Waals surface area contributed by atoms with Crippen molar-refractivity contribution in [3.63, 3.8) is 0 Å². The normalized spacial score (nSPS) is 22.9. The van der Waals surface area contributed by atoms with E-state index in [4.69, 9.17) is 9.15 Å². The minimum absolute atomic E-state index is 0.279. The van der Waals surface area contributed by atoms with Crippen LogP contribution in [0.25, 0.3) is 0 Å². The number of furan rings is 1. The lowest BCUT2D eigenvalue weighted by Crippen LogP contribution is -2.48. The number of para-hydroxylation sites is 1. The van der Waals surface area contributed by atoms with Crippen molar-refractivity contribution in [2.45, 2.75) is 31.3 Å². The van der Waals surface area contributed by atoms with Crippen molar-refractivity contribution in [1.29, 1.82) is 0 Å². The van der Waals surface area contributed by atoms with E-state index in [1.807, 2.05) is 37.3 Å². The smallest absolute Gasteiger partial charge is 0.325 e. The molecule has 0 aliphatic carbocycles. The molecule has 0 saturated carbocycles. The first kappa shape index (κ1) is 22.1. The van der Waals surface area contributed by atoms with Crippen LogP contribution < -0.4 is 10.1 Å². The summed E-state index contributed by atoms with van der Waals surface area (Å²) in [5, 5.41) is 8.77. The van der Waals surface area contributed by atoms with Gasteiger partial charge in [-0.05, 0) is 30.7 Å². The van der Waals surface area contributed by atoms with E-state index in [0.29, 0.717) is 23.5 Å². The number of benzene rings is 2. The molecule has 1 aromatic heterocycles. The summed E-state index contributed by atoms with van der Waals surface area (Å²) in [5.74, 6) is 0.198. The van der Waals surface area contributed by atoms with Crippen LogP contribution in [0.5, 0.6) is 5.75 Å². The fourth-order valence-electron chi connectivity index (χ4n) is 5.09. The van der Waals surface area contributed by atoms with E-state index in [9.17, 15) is 14.4 Å². The molecule has 3 aromatic rings. The van der Waals surface area contributed by atoms with Gasteiger partial charge in [0.25, 0.3) is 11.8 Å². The highest BCUT2D eigenvalue weighted by molar-refractivity contribution is 6.10. The standard InChI is InChI=1S/C27H24N4O5/c1-17-8-10-18(11-9-17)20-15-21(23-7-4-13-35-23)31(29-20)24(32)16-30-25(33)27(28-26(30)34)12-14-36-22-6-3-2-5-19(22)27/h2-11,13,21H,12,14-16H2,1H3,(H,28,34). The van der Waals surface area contributed by atoms with Crippen LogP contribution >= 0.6 is 0 Å². The quantitative estimate of drug-likeness (QED) is 0.571. The molecule has 2 unspecified atom stereocenters. The lowest BCUT2D eigenvalue weighted by atomic mass is 9.84. The Morgan fingerprint density at radius 2 is 1.92 bits per heavy atom. The second-order valence-corrected chi connectivity index (χ2v) is 9.21. The van der Waals surface area contributed by atoms with Crippen molar-refractivity contribution in [1.82, 2.24) is 15.2 Å². The summed E-state index contributed by atoms with van der Waals surface area (Å²) in [7, 11) is 0. The van der Waals surface area contributed by atoms with Crippen molar-refractivity contribution in [3.8, 4) is 5.75 Å². The van der Waals surface area contributed by atoms with Crippen molar-refractivity contribution >= 4 is 23.6 Å². The van der Waals surface area contributed by atoms with Gasteiger partial charge in [-0.2, -0.15) is 5.10 Å². The van der Waals surface area contributed by atoms with Crippen LogP contribution in [0.1, 0.15) is 41.3 Å². The predicted octanol–water partition coefficient (Wildman–Crippen LogP) is 3.50. The Balaban J connectivity index is 1.29. The van der Waals surface area contributed by atoms with Gasteiger partial charge in [-0.15, -0.1) is 0 Å². The molecule has 1 fully saturated rings. The van der Waals surface area contributed by atoms with Crippen LogP contribution in [-0.2, 0) is 15.1 Å². The van der Waals surface area contributed by atoms with E-state index in [-0.39, 0.29) is 13.0 Å². The van der Waals surface area contributed by atoms with Crippen molar-refractivity contribution in [3.05, 3.63) is 89.4 Å². The van der Waals surface area contributed by atoms with Gasteiger partial charge in [0, 0.05) is 18.4 Å². The monoisotopic (exact) mass is 484 g/mol. The lowest BCUT2D eigenvalue weighted by Gasteiger charge is -2.33. The molecule has 1 saturated heterocycles. The number of rotatable bonds is 4. The van der Waals surface area contributed by atoms with Crippen LogP contribution in [0, 0.1) is 6.92 Å². The summed E-state index contributed by atoms with van der Waals surface area (Å²) in [4.78, 5) is 41.1. The van der Waals surface area contributed by atoms with Crippen LogP contribution in [0.4, 0.5) is 4.79 Å². The molecule has 9 heteroatoms. The first-order valence-electron chi connectivity index (χ1n) is 11.8. The Morgan fingerprint density at radius 1 is 1.11 bits per heavy atom. The summed E-state index contributed by atoms with van der Waals surface area (Å²) in [6.45, 7) is 1.85. The maximum atomic E-state index is 13.6. The number of nitrogens with one attached hydrogen (secondary N) is 1. The number of amides is 4. The third-order valence-corrected chi connectivity index (χ3v) is 6.97. The van der Waals surface area contributed by atoms with Gasteiger partial charge >= 0.3 is 6.03 Å². The predicted molar refractivity (Wildman–Crippen MR) is 129 cm³/mol. The van der Waals surface area contributed by atoms with Gasteiger partial charge in [-0.3, -0.25) is 14.5 Å². The third-order valence-electron chi connectivity index (χ3n) is 6.97. The molecule has 182 valence electrons. The zero-order valence-corrected chi connectivity index (χ0v) is 19.6. The largest absolute Gasteiger partial charge is 0.493 e. The van der Waals surface area contributed by atoms with Gasteiger partial charge in [0.2, 0.25) is 0 Å². The molecule has 4 heterocycles. The molecule has 1 N–H and O–H groups in total. The number of hydrazone groups is 1. The summed E-state index contributed by atoms with van der Waals surface area (Å²) in [5.41, 5.74) is 2.11. The molecule has 0 radical (unpaired) electrons. The van der Waals surface area contributed by atoms with Gasteiger partial charge in [0.15, 0.2) is 5.54 Å². The zero-order valence-electron chi connectivity index (χ0n) is 19.6. The van der Waals surface area contributed by atoms with Gasteiger partial charge in [-0.25, -0.2) is 9.80 Å². The minimum Gasteiger partial charge on any atom is -0.493 e. The van der Waals surface area contributed by atoms with Gasteiger partial charge in [0.05, 0.1) is 18.6 Å². The van der Waals surface area contributed by atoms with Crippen molar-refractivity contribution < 1.29 is 23.5 Å². The number of hydrogen-bond donors (Lipinski definition) is 1. The molecule has 3 aliphatic rings. The lowest BCUT2D eigenvalue weighted by molar-refractivity contribution is -0.140. The number of carbonyl (C=O) groups excluding carboxylic acids is 3. The summed E-state index contributed by atoms with van der Waals surface area (Å²) >= 11 is 0. The molecule has 0 bridgehead atoms. The Kier molecular flexibility index (Phi) is 5.13. The molecule has 2 aromatic carbocycles. The Labute approximate surface area is 207 Å². The average molecular weight is 485 g/mol. The third kappa shape index (κ3) is 3.46. The first-order valence-corrected chi connectivity index (χ1v) is 11.8. The molecule has 3 aliphatic heterocycles. The molecule has 6 rings (SSSR count). The van der Waals surface area contributed by atoms with E-state index in [2.05, 4.69) is 10.4 Å². The highest BCUT2D eigenvalue weighted by Crippen LogP contribution is 2.41. The van der Waals surface area contributed by atoms with Gasteiger partial charge in [0.1, 0.15) is 24.1 Å². The number of hydrogen-bond acceptors (Lipinski definition) is 6. The number of imide groups is 1. The fourth-order valence-corrected chi connectivity index (χ4v) is 5.09. The molecular weight excluding hydrogens is 460 g/mol. The van der Waals surface area contributed by atoms with Gasteiger partial charge < -0.3 is 14.5 Å². The van der Waals surface area contributed by atoms with Crippen LogP contribution in [-0.4, -0.2) is 46.6 Å². The summed E-state index contributed by atoms with van der Waals surface area (Å²) in [6.07, 6.45) is 2.29. The minimum atomic E-state index is -1.24. The maximum absolute atomic E-state index is 13.6. The summed E-state index contributed by atoms with van der Waals surface area (Å²) < 4.78 is 11.3. The number of nitrogens with zero attached hydrogens (tertiary/aromatic N) is 3. The molecule has 36 heavy (non-hydrogen) atoms. The van der Waals surface area contributed by atoms with Crippen LogP contribution in [0.15, 0.2) is 76.4 Å². The molecule has 1 spiro atoms. The van der Waals surface area contributed by atoms with E-state index < -0.39 is 36.0 Å². The Hall–Kier alpha value is -4.40. The second kappa shape index (κ2) is 8.37. The van der Waals surface area contributed by atoms with E-state index in [1.165, 1.54) is 5.01 Å². The second-order valence-electron chi connectivity index (χ2n) is 9.21. The summed E-state index contributed by atoms with van der Waals surface area (Å²) in [6, 6.07) is 17.5. The maximum Gasteiger partial charge on any atom is 0.325 e. The molecule has 9 nitrogen and oxygen atoms in total. The van der Waals surface area contributed by atoms with Crippen molar-refractivity contribution in [2.75, 3.05) is 13.2 Å². The van der Waals surface area contributed by atoms with Crippen LogP contribution in [0.3, 0.4) is 0 Å². The Bertz CT molecular complexity index is 1380. The van der Waals surface area contributed by atoms with Crippen molar-refractivity contribution in [2.24, 2.45) is 5.10 Å². The molecular formula is C27H24N4O5. The topological polar surface area (TPSA) is 104 Å². The number of carbonyl (C=O) groups is 3. The number of urea groups is 1. The highest BCUT2D eigenvalue weighted by Gasteiger charge is 2.55. The molecule has 2 atom stereocenters. The molecule has 4 amide bonds.